The van der Waals surface area contributed by atoms with E-state index in [1.165, 1.54) is 0 Å². The Bertz CT molecular complexity index is 327. The molecule has 0 atom stereocenters. The molecule has 1 saturated carbocycles. The molecule has 0 unspecified atom stereocenters. The van der Waals surface area contributed by atoms with Crippen molar-refractivity contribution in [2.75, 3.05) is 19.6 Å². The van der Waals surface area contributed by atoms with Crippen LogP contribution in [-0.4, -0.2) is 53.5 Å². The van der Waals surface area contributed by atoms with Gasteiger partial charge in [0.05, 0.1) is 6.10 Å². The minimum absolute atomic E-state index is 0.0855. The van der Waals surface area contributed by atoms with Crippen molar-refractivity contribution in [3.05, 3.63) is 0 Å². The maximum absolute atomic E-state index is 11.8. The van der Waals surface area contributed by atoms with Crippen LogP contribution in [0.2, 0.25) is 0 Å². The van der Waals surface area contributed by atoms with E-state index in [0.717, 1.165) is 45.3 Å². The second-order valence-corrected chi connectivity index (χ2v) is 7.17. The Hall–Kier alpha value is -0.810. The number of carbonyl (C=O) groups is 1. The molecule has 5 nitrogen and oxygen atoms in total. The quantitative estimate of drug-likeness (QED) is 0.829. The molecule has 1 amide bonds. The van der Waals surface area contributed by atoms with Crippen molar-refractivity contribution in [1.82, 2.24) is 10.2 Å². The van der Waals surface area contributed by atoms with E-state index in [2.05, 4.69) is 5.32 Å². The normalized spacial score (nSPS) is 28.1. The molecule has 0 bridgehead atoms. The number of carbonyl (C=O) groups excluding carboxylic acids is 1. The van der Waals surface area contributed by atoms with E-state index >= 15 is 0 Å². The highest BCUT2D eigenvalue weighted by molar-refractivity contribution is 5.69. The Morgan fingerprint density at radius 2 is 1.85 bits per heavy atom. The Labute approximate surface area is 121 Å². The Balaban J connectivity index is 1.59. The number of nitrogens with zero attached hydrogens (tertiary/aromatic N) is 1. The number of ether oxygens (including phenoxy) is 1. The van der Waals surface area contributed by atoms with Crippen molar-refractivity contribution >= 4 is 6.09 Å². The minimum atomic E-state index is -0.418. The molecule has 5 heteroatoms. The van der Waals surface area contributed by atoms with Gasteiger partial charge in [0.1, 0.15) is 5.60 Å². The van der Waals surface area contributed by atoms with E-state index in [9.17, 15) is 9.90 Å². The van der Waals surface area contributed by atoms with Crippen molar-refractivity contribution in [1.29, 1.82) is 0 Å². The summed E-state index contributed by atoms with van der Waals surface area (Å²) in [5.41, 5.74) is -0.418. The lowest BCUT2D eigenvalue weighted by molar-refractivity contribution is 0.00455. The van der Waals surface area contributed by atoms with Gasteiger partial charge >= 0.3 is 6.09 Å². The number of rotatable bonds is 3. The van der Waals surface area contributed by atoms with Gasteiger partial charge in [0.2, 0.25) is 0 Å². The second kappa shape index (κ2) is 6.31. The van der Waals surface area contributed by atoms with Gasteiger partial charge in [-0.1, -0.05) is 0 Å². The number of nitrogens with one attached hydrogen (secondary N) is 1. The molecule has 2 aliphatic rings. The molecular weight excluding hydrogens is 256 g/mol. The Morgan fingerprint density at radius 3 is 2.40 bits per heavy atom. The highest BCUT2D eigenvalue weighted by atomic mass is 16.6. The molecular formula is C15H28N2O3. The van der Waals surface area contributed by atoms with Crippen LogP contribution in [0.15, 0.2) is 0 Å². The third-order valence-electron chi connectivity index (χ3n) is 4.04. The first-order valence-electron chi connectivity index (χ1n) is 7.73. The zero-order valence-corrected chi connectivity index (χ0v) is 12.9. The van der Waals surface area contributed by atoms with Crippen molar-refractivity contribution in [3.63, 3.8) is 0 Å². The SMILES string of the molecule is CC(C)(C)OC(=O)N1CC(NCC2CCC(O)CC2)C1. The Kier molecular flexibility index (Phi) is 4.91. The lowest BCUT2D eigenvalue weighted by Gasteiger charge is -2.41. The van der Waals surface area contributed by atoms with Crippen molar-refractivity contribution in [2.45, 2.75) is 64.2 Å². The van der Waals surface area contributed by atoms with Crippen LogP contribution >= 0.6 is 0 Å². The summed E-state index contributed by atoms with van der Waals surface area (Å²) in [6.45, 7) is 8.14. The van der Waals surface area contributed by atoms with E-state index in [4.69, 9.17) is 4.74 Å². The summed E-state index contributed by atoms with van der Waals surface area (Å²) in [6, 6.07) is 0.398. The fourth-order valence-electron chi connectivity index (χ4n) is 2.77. The van der Waals surface area contributed by atoms with Gasteiger partial charge in [-0.25, -0.2) is 4.79 Å². The largest absolute Gasteiger partial charge is 0.444 e. The lowest BCUT2D eigenvalue weighted by Crippen LogP contribution is -2.61. The van der Waals surface area contributed by atoms with Crippen LogP contribution in [0, 0.1) is 5.92 Å². The molecule has 2 N–H and O–H groups in total. The molecule has 2 rings (SSSR count). The summed E-state index contributed by atoms with van der Waals surface area (Å²) in [4.78, 5) is 13.5. The number of hydrogen-bond donors (Lipinski definition) is 2. The van der Waals surface area contributed by atoms with Gasteiger partial charge in [0, 0.05) is 19.1 Å². The number of aliphatic hydroxyl groups is 1. The van der Waals surface area contributed by atoms with Gasteiger partial charge in [-0.3, -0.25) is 0 Å². The number of hydrogen-bond acceptors (Lipinski definition) is 4. The monoisotopic (exact) mass is 284 g/mol. The van der Waals surface area contributed by atoms with E-state index in [1.54, 1.807) is 4.90 Å². The summed E-state index contributed by atoms with van der Waals surface area (Å²) < 4.78 is 5.33. The van der Waals surface area contributed by atoms with Crippen LogP contribution in [0.3, 0.4) is 0 Å². The molecule has 0 radical (unpaired) electrons. The number of amides is 1. The molecule has 0 aromatic rings. The molecule has 0 aromatic heterocycles. The molecule has 1 saturated heterocycles. The zero-order chi connectivity index (χ0) is 14.8. The third-order valence-corrected chi connectivity index (χ3v) is 4.04. The summed E-state index contributed by atoms with van der Waals surface area (Å²) in [7, 11) is 0. The number of aliphatic hydroxyl groups excluding tert-OH is 1. The average Bonchev–Trinajstić information content (AvgIpc) is 2.27. The molecule has 1 heterocycles. The first-order chi connectivity index (χ1) is 9.33. The van der Waals surface area contributed by atoms with E-state index < -0.39 is 5.60 Å². The topological polar surface area (TPSA) is 61.8 Å². The summed E-state index contributed by atoms with van der Waals surface area (Å²) >= 11 is 0. The zero-order valence-electron chi connectivity index (χ0n) is 12.9. The average molecular weight is 284 g/mol. The molecule has 20 heavy (non-hydrogen) atoms. The van der Waals surface area contributed by atoms with Crippen LogP contribution in [-0.2, 0) is 4.74 Å². The van der Waals surface area contributed by atoms with Crippen LogP contribution in [0.25, 0.3) is 0 Å². The molecule has 0 spiro atoms. The highest BCUT2D eigenvalue weighted by Gasteiger charge is 2.33. The summed E-state index contributed by atoms with van der Waals surface area (Å²) in [5.74, 6) is 0.675. The molecule has 0 aromatic carbocycles. The van der Waals surface area contributed by atoms with Gasteiger partial charge in [0.15, 0.2) is 0 Å². The van der Waals surface area contributed by atoms with Crippen LogP contribution in [0.4, 0.5) is 4.79 Å². The predicted octanol–water partition coefficient (Wildman–Crippen LogP) is 1.75. The number of likely N-dealkylation sites (tertiary alicyclic amines) is 1. The smallest absolute Gasteiger partial charge is 0.410 e. The van der Waals surface area contributed by atoms with Crippen LogP contribution in [0.5, 0.6) is 0 Å². The van der Waals surface area contributed by atoms with Gasteiger partial charge in [-0.05, 0) is 58.9 Å². The minimum Gasteiger partial charge on any atom is -0.444 e. The second-order valence-electron chi connectivity index (χ2n) is 7.17. The standard InChI is InChI=1S/C15H28N2O3/c1-15(2,3)20-14(19)17-9-12(10-17)16-8-11-4-6-13(18)7-5-11/h11-13,16,18H,4-10H2,1-3H3. The summed E-state index contributed by atoms with van der Waals surface area (Å²) in [6.07, 6.45) is 3.78. The van der Waals surface area contributed by atoms with Gasteiger partial charge in [-0.15, -0.1) is 0 Å². The van der Waals surface area contributed by atoms with Crippen LogP contribution in [0.1, 0.15) is 46.5 Å². The van der Waals surface area contributed by atoms with Gasteiger partial charge < -0.3 is 20.1 Å². The van der Waals surface area contributed by atoms with E-state index in [-0.39, 0.29) is 12.2 Å². The third kappa shape index (κ3) is 4.63. The fraction of sp³-hybridized carbons (Fsp3) is 0.933. The first-order valence-corrected chi connectivity index (χ1v) is 7.73. The molecule has 1 aliphatic carbocycles. The predicted molar refractivity (Wildman–Crippen MR) is 77.6 cm³/mol. The van der Waals surface area contributed by atoms with Crippen molar-refractivity contribution < 1.29 is 14.6 Å². The lowest BCUT2D eigenvalue weighted by atomic mass is 9.87. The maximum Gasteiger partial charge on any atom is 0.410 e. The Morgan fingerprint density at radius 1 is 1.25 bits per heavy atom. The molecule has 116 valence electrons. The van der Waals surface area contributed by atoms with Gasteiger partial charge in [-0.2, -0.15) is 0 Å². The van der Waals surface area contributed by atoms with Gasteiger partial charge in [0.25, 0.3) is 0 Å². The fourth-order valence-corrected chi connectivity index (χ4v) is 2.77. The van der Waals surface area contributed by atoms with Crippen molar-refractivity contribution in [3.8, 4) is 0 Å². The molecule has 1 aliphatic heterocycles. The van der Waals surface area contributed by atoms with Crippen LogP contribution < -0.4 is 5.32 Å². The van der Waals surface area contributed by atoms with E-state index in [1.807, 2.05) is 20.8 Å². The van der Waals surface area contributed by atoms with E-state index in [0.29, 0.717) is 12.0 Å². The van der Waals surface area contributed by atoms with Crippen molar-refractivity contribution in [2.24, 2.45) is 5.92 Å². The summed E-state index contributed by atoms with van der Waals surface area (Å²) in [5, 5.41) is 13.0. The maximum atomic E-state index is 11.8. The first kappa shape index (κ1) is 15.6. The molecule has 2 fully saturated rings. The highest BCUT2D eigenvalue weighted by Crippen LogP contribution is 2.24.